The number of nitrogens with one attached hydrogen (secondary N) is 1. The summed E-state index contributed by atoms with van der Waals surface area (Å²) in [6, 6.07) is 13.6. The Morgan fingerprint density at radius 2 is 1.83 bits per heavy atom. The van der Waals surface area contributed by atoms with Gasteiger partial charge in [0.15, 0.2) is 0 Å². The summed E-state index contributed by atoms with van der Waals surface area (Å²) in [6.45, 7) is 3.84. The van der Waals surface area contributed by atoms with E-state index < -0.39 is 10.8 Å². The summed E-state index contributed by atoms with van der Waals surface area (Å²) in [6.07, 6.45) is 0.949. The van der Waals surface area contributed by atoms with Crippen LogP contribution in [0, 0.1) is 10.1 Å². The molecule has 0 saturated heterocycles. The van der Waals surface area contributed by atoms with E-state index in [9.17, 15) is 14.9 Å². The lowest BCUT2D eigenvalue weighted by Gasteiger charge is -2.04. The minimum absolute atomic E-state index is 0.0182. The number of carbonyl (C=O) groups is 1. The molecule has 0 fully saturated rings. The molecule has 0 atom stereocenters. The van der Waals surface area contributed by atoms with E-state index in [-0.39, 0.29) is 11.3 Å². The number of nitrogens with zero attached hydrogens (tertiary/aromatic N) is 2. The topological polar surface area (TPSA) is 84.6 Å². The first-order valence-corrected chi connectivity index (χ1v) is 7.20. The van der Waals surface area contributed by atoms with Crippen LogP contribution in [-0.4, -0.2) is 16.5 Å². The summed E-state index contributed by atoms with van der Waals surface area (Å²) in [4.78, 5) is 22.4. The normalized spacial score (nSPS) is 11.1. The van der Waals surface area contributed by atoms with E-state index in [2.05, 4.69) is 17.5 Å². The summed E-state index contributed by atoms with van der Waals surface area (Å²) in [7, 11) is 0. The summed E-state index contributed by atoms with van der Waals surface area (Å²) in [5, 5.41) is 15.0. The highest BCUT2D eigenvalue weighted by molar-refractivity contribution is 6.02. The van der Waals surface area contributed by atoms with Gasteiger partial charge in [-0.05, 0) is 30.5 Å². The van der Waals surface area contributed by atoms with Gasteiger partial charge in [-0.1, -0.05) is 43.3 Å². The van der Waals surface area contributed by atoms with Gasteiger partial charge in [-0.15, -0.1) is 0 Å². The maximum Gasteiger partial charge on any atom is 0.282 e. The first kappa shape index (κ1) is 16.4. The highest BCUT2D eigenvalue weighted by Gasteiger charge is 2.18. The first-order valence-electron chi connectivity index (χ1n) is 7.20. The number of nitro benzene ring substituents is 1. The molecule has 1 N–H and O–H groups in total. The molecular formula is C17H17N3O3. The fraction of sp³-hybridized carbons (Fsp3) is 0.176. The molecule has 0 aliphatic rings. The average Bonchev–Trinajstić information content (AvgIpc) is 2.59. The molecule has 2 aromatic carbocycles. The van der Waals surface area contributed by atoms with Crippen LogP contribution in [0.25, 0.3) is 0 Å². The van der Waals surface area contributed by atoms with Crippen LogP contribution in [0.2, 0.25) is 0 Å². The van der Waals surface area contributed by atoms with Crippen molar-refractivity contribution < 1.29 is 9.72 Å². The van der Waals surface area contributed by atoms with Crippen LogP contribution in [0.15, 0.2) is 53.6 Å². The van der Waals surface area contributed by atoms with Gasteiger partial charge >= 0.3 is 0 Å². The Hall–Kier alpha value is -3.02. The van der Waals surface area contributed by atoms with Crippen molar-refractivity contribution in [3.63, 3.8) is 0 Å². The van der Waals surface area contributed by atoms with Gasteiger partial charge in [0.05, 0.1) is 10.6 Å². The van der Waals surface area contributed by atoms with Gasteiger partial charge in [-0.25, -0.2) is 5.43 Å². The lowest BCUT2D eigenvalue weighted by atomic mass is 10.1. The smallest absolute Gasteiger partial charge is 0.267 e. The second kappa shape index (κ2) is 7.31. The Morgan fingerprint density at radius 3 is 2.43 bits per heavy atom. The molecule has 0 unspecified atom stereocenters. The molecule has 2 rings (SSSR count). The Bertz CT molecular complexity index is 752. The lowest BCUT2D eigenvalue weighted by molar-refractivity contribution is -0.385. The number of nitro groups is 1. The van der Waals surface area contributed by atoms with Crippen LogP contribution in [0.3, 0.4) is 0 Å². The lowest BCUT2D eigenvalue weighted by Crippen LogP contribution is -2.20. The van der Waals surface area contributed by atoms with Gasteiger partial charge in [0.25, 0.3) is 11.6 Å². The number of hydrogen-bond acceptors (Lipinski definition) is 4. The summed E-state index contributed by atoms with van der Waals surface area (Å²) >= 11 is 0. The molecule has 0 aliphatic carbocycles. The average molecular weight is 311 g/mol. The minimum atomic E-state index is -0.609. The predicted octanol–water partition coefficient (Wildman–Crippen LogP) is 3.31. The zero-order valence-corrected chi connectivity index (χ0v) is 12.9. The van der Waals surface area contributed by atoms with Crippen LogP contribution < -0.4 is 5.43 Å². The zero-order valence-electron chi connectivity index (χ0n) is 12.9. The third kappa shape index (κ3) is 4.00. The fourth-order valence-corrected chi connectivity index (χ4v) is 2.07. The van der Waals surface area contributed by atoms with Gasteiger partial charge in [-0.2, -0.15) is 5.10 Å². The summed E-state index contributed by atoms with van der Waals surface area (Å²) < 4.78 is 0. The summed E-state index contributed by atoms with van der Waals surface area (Å²) in [5.41, 5.74) is 4.82. The Morgan fingerprint density at radius 1 is 1.17 bits per heavy atom. The second-order valence-electron chi connectivity index (χ2n) is 4.96. The van der Waals surface area contributed by atoms with E-state index >= 15 is 0 Å². The molecule has 6 heteroatoms. The quantitative estimate of drug-likeness (QED) is 0.522. The van der Waals surface area contributed by atoms with E-state index in [1.807, 2.05) is 24.3 Å². The van der Waals surface area contributed by atoms with Crippen molar-refractivity contribution in [1.29, 1.82) is 0 Å². The highest BCUT2D eigenvalue weighted by atomic mass is 16.6. The van der Waals surface area contributed by atoms with Crippen molar-refractivity contribution in [2.45, 2.75) is 20.3 Å². The number of benzene rings is 2. The molecule has 118 valence electrons. The van der Waals surface area contributed by atoms with Crippen molar-refractivity contribution in [1.82, 2.24) is 5.43 Å². The second-order valence-corrected chi connectivity index (χ2v) is 4.96. The highest BCUT2D eigenvalue weighted by Crippen LogP contribution is 2.17. The number of para-hydroxylation sites is 1. The number of rotatable bonds is 5. The van der Waals surface area contributed by atoms with E-state index in [0.717, 1.165) is 12.0 Å². The van der Waals surface area contributed by atoms with Gasteiger partial charge in [0.2, 0.25) is 0 Å². The monoisotopic (exact) mass is 311 g/mol. The van der Waals surface area contributed by atoms with Gasteiger partial charge < -0.3 is 0 Å². The maximum absolute atomic E-state index is 12.1. The van der Waals surface area contributed by atoms with Gasteiger partial charge in [-0.3, -0.25) is 14.9 Å². The van der Waals surface area contributed by atoms with Crippen molar-refractivity contribution in [2.24, 2.45) is 5.10 Å². The van der Waals surface area contributed by atoms with Crippen molar-refractivity contribution in [3.05, 3.63) is 75.3 Å². The molecule has 0 aliphatic heterocycles. The van der Waals surface area contributed by atoms with Crippen LogP contribution in [0.5, 0.6) is 0 Å². The number of hydrogen-bond donors (Lipinski definition) is 1. The van der Waals surface area contributed by atoms with Gasteiger partial charge in [0, 0.05) is 6.07 Å². The van der Waals surface area contributed by atoms with Crippen LogP contribution >= 0.6 is 0 Å². The first-order chi connectivity index (χ1) is 11.0. The molecule has 0 aromatic heterocycles. The van der Waals surface area contributed by atoms with E-state index in [0.29, 0.717) is 5.71 Å². The van der Waals surface area contributed by atoms with Crippen LogP contribution in [-0.2, 0) is 6.42 Å². The largest absolute Gasteiger partial charge is 0.282 e. The molecule has 0 spiro atoms. The number of aryl methyl sites for hydroxylation is 1. The van der Waals surface area contributed by atoms with Crippen LogP contribution in [0.4, 0.5) is 5.69 Å². The third-order valence-electron chi connectivity index (χ3n) is 3.45. The zero-order chi connectivity index (χ0) is 16.8. The van der Waals surface area contributed by atoms with E-state index in [4.69, 9.17) is 0 Å². The molecule has 2 aromatic rings. The minimum Gasteiger partial charge on any atom is -0.267 e. The molecule has 0 saturated carbocycles. The Kier molecular flexibility index (Phi) is 5.19. The molecule has 23 heavy (non-hydrogen) atoms. The molecule has 1 amide bonds. The standard InChI is InChI=1S/C17H17N3O3/c1-3-13-8-10-14(11-9-13)12(2)18-19-17(21)15-6-4-5-7-16(15)20(22)23/h4-11H,3H2,1-2H3,(H,19,21)/b18-12+. The molecule has 6 nitrogen and oxygen atoms in total. The predicted molar refractivity (Wildman–Crippen MR) is 88.6 cm³/mol. The molecular weight excluding hydrogens is 294 g/mol. The SMILES string of the molecule is CCc1ccc(/C(C)=N/NC(=O)c2ccccc2[N+](=O)[O-])cc1. The number of carbonyl (C=O) groups excluding carboxylic acids is 1. The van der Waals surface area contributed by atoms with Crippen molar-refractivity contribution in [3.8, 4) is 0 Å². The molecule has 0 radical (unpaired) electrons. The third-order valence-corrected chi connectivity index (χ3v) is 3.45. The number of amides is 1. The van der Waals surface area contributed by atoms with E-state index in [1.54, 1.807) is 13.0 Å². The Balaban J connectivity index is 2.15. The van der Waals surface area contributed by atoms with Gasteiger partial charge in [0.1, 0.15) is 5.56 Å². The number of hydrazone groups is 1. The Labute approximate surface area is 134 Å². The van der Waals surface area contributed by atoms with Crippen molar-refractivity contribution in [2.75, 3.05) is 0 Å². The van der Waals surface area contributed by atoms with E-state index in [1.165, 1.54) is 23.8 Å². The molecule has 0 heterocycles. The fourth-order valence-electron chi connectivity index (χ4n) is 2.07. The maximum atomic E-state index is 12.1. The van der Waals surface area contributed by atoms with Crippen LogP contribution in [0.1, 0.15) is 35.3 Å². The molecule has 0 bridgehead atoms. The van der Waals surface area contributed by atoms with Crippen molar-refractivity contribution >= 4 is 17.3 Å². The summed E-state index contributed by atoms with van der Waals surface area (Å²) in [5.74, 6) is -0.609.